The Labute approximate surface area is 827 Å². The molecule has 0 aromatic heterocycles. The van der Waals surface area contributed by atoms with Crippen molar-refractivity contribution < 1.29 is 57.5 Å². The third-order valence-corrected chi connectivity index (χ3v) is 27.7. The summed E-state index contributed by atoms with van der Waals surface area (Å²) < 4.78 is 0. The number of Topliss-reactive ketones (excluding diaryl/α,β-unsaturated/α-hetero) is 6. The molecule has 1 saturated carbocycles. The molecule has 30 rings (SSSR count). The molecule has 144 heavy (non-hydrogen) atoms. The molecule has 0 spiro atoms. The third kappa shape index (κ3) is 19.2. The summed E-state index contributed by atoms with van der Waals surface area (Å²) in [5, 5.41) is 34.8. The quantitative estimate of drug-likeness (QED) is 0.111. The molecule has 3 aliphatic heterocycles. The van der Waals surface area contributed by atoms with Crippen molar-refractivity contribution in [3.8, 4) is 0 Å². The Kier molecular flexibility index (Phi) is 26.7. The van der Waals surface area contributed by atoms with Crippen molar-refractivity contribution in [1.82, 2.24) is 15.1 Å². The van der Waals surface area contributed by atoms with Crippen molar-refractivity contribution >= 4 is 218 Å². The number of carbonyl (C=O) groups excluding carboxylic acids is 12. The van der Waals surface area contributed by atoms with E-state index in [1.54, 1.807) is 60.7 Å². The molecule has 2 fully saturated rings. The van der Waals surface area contributed by atoms with Crippen LogP contribution in [0.3, 0.4) is 0 Å². The second-order valence-electron chi connectivity index (χ2n) is 36.5. The lowest BCUT2D eigenvalue weighted by atomic mass is 9.84. The molecule has 15 heteroatoms. The highest BCUT2D eigenvalue weighted by molar-refractivity contribution is 6.30. The fourth-order valence-electron chi connectivity index (χ4n) is 20.3. The molecule has 3 heterocycles. The maximum Gasteiger partial charge on any atom is 0.261 e. The first-order chi connectivity index (χ1) is 70.2. The summed E-state index contributed by atoms with van der Waals surface area (Å²) in [6, 6.07) is 109. The molecular formula is C129H95N3O12. The molecule has 13 aliphatic rings. The molecular weight excluding hydrogens is 1780 g/mol. The van der Waals surface area contributed by atoms with Crippen LogP contribution in [0.25, 0.3) is 148 Å². The highest BCUT2D eigenvalue weighted by atomic mass is 16.2. The first-order valence-electron chi connectivity index (χ1n) is 48.3. The number of benzene rings is 17. The van der Waals surface area contributed by atoms with Gasteiger partial charge in [-0.2, -0.15) is 0 Å². The Morgan fingerprint density at radius 1 is 0.208 bits per heavy atom. The van der Waals surface area contributed by atoms with E-state index in [2.05, 4.69) is 272 Å². The van der Waals surface area contributed by atoms with Crippen LogP contribution in [-0.4, -0.2) is 94.0 Å². The van der Waals surface area contributed by atoms with Crippen LogP contribution in [-0.2, 0) is 19.2 Å². The van der Waals surface area contributed by atoms with Crippen LogP contribution in [0.5, 0.6) is 0 Å². The SMILES string of the molecule is C1=c2cc3ccccc3cc2=CC1.C1=c2cc3ccccc3cc2=CC1.C1=c2cc3ccccc3cc2=CC1.C1=c2ccc3ccccc3c2=CC1.C1=c2ccccc2=CC1.C1=c2ccccc2=CC1.CN1C(=O)c2cccc3cccc(c23)C1=O.CN1C(=O)c2cccc3cccc(c23)C1=O.O=C1CC(=O)C2=CC3C(=O)NC(=O)C3C=C12.O=C1CC(=O)c2cccc3cccc1c23.O=C1CC(=O)c2ccccc21. The van der Waals surface area contributed by atoms with E-state index in [-0.39, 0.29) is 77.6 Å². The zero-order chi connectivity index (χ0) is 99.2. The third-order valence-electron chi connectivity index (χ3n) is 27.7. The highest BCUT2D eigenvalue weighted by Crippen LogP contribution is 2.38. The molecule has 15 nitrogen and oxygen atoms in total. The monoisotopic (exact) mass is 1880 g/mol. The second kappa shape index (κ2) is 41.1. The van der Waals surface area contributed by atoms with Gasteiger partial charge in [-0.15, -0.1) is 0 Å². The van der Waals surface area contributed by atoms with Gasteiger partial charge in [0.2, 0.25) is 11.8 Å². The number of carbonyl (C=O) groups is 12. The number of nitrogens with one attached hydrogen (secondary N) is 1. The maximum absolute atomic E-state index is 11.9. The zero-order valence-electron chi connectivity index (χ0n) is 79.1. The van der Waals surface area contributed by atoms with Crippen LogP contribution in [0.1, 0.15) is 141 Å². The van der Waals surface area contributed by atoms with Crippen molar-refractivity contribution in [3.63, 3.8) is 0 Å². The van der Waals surface area contributed by atoms with E-state index in [1.807, 2.05) is 72.8 Å². The van der Waals surface area contributed by atoms with Crippen LogP contribution in [0, 0.1) is 11.8 Å². The molecule has 0 radical (unpaired) electrons. The lowest BCUT2D eigenvalue weighted by Gasteiger charge is -2.23. The molecule has 17 aromatic rings. The molecule has 698 valence electrons. The number of ketones is 6. The van der Waals surface area contributed by atoms with Crippen molar-refractivity contribution in [1.29, 1.82) is 0 Å². The van der Waals surface area contributed by atoms with Gasteiger partial charge in [0.15, 0.2) is 34.7 Å². The summed E-state index contributed by atoms with van der Waals surface area (Å²) >= 11 is 0. The van der Waals surface area contributed by atoms with Gasteiger partial charge in [-0.3, -0.25) is 72.7 Å². The van der Waals surface area contributed by atoms with Gasteiger partial charge >= 0.3 is 0 Å². The van der Waals surface area contributed by atoms with Gasteiger partial charge in [0.1, 0.15) is 0 Å². The molecule has 2 atom stereocenters. The van der Waals surface area contributed by atoms with E-state index in [4.69, 9.17) is 0 Å². The standard InChI is InChI=1S/2C13H9NO2.C13H8O2.4C13H10.C11H7NO4.C9H6O2.2C9H8/c2*1-14-12(15)9-6-2-4-8-5-3-7-10(11(8)9)13(14)16;14-11-7-12(15)10-6-2-4-8-3-1-5-9(11)13(8)10;1-2-6-12-10(4-1)8-9-11-5-3-7-13(11)12;3*1-2-5-11-9-13-7-3-6-12(13)8-10(11)4-1;13-8-3-9(14)5-2-7-6(1-4(5)8)10(15)12-11(7)16;10-8-5-9(11)7-4-2-1-3-6(7)8;2*1-2-5-9-7-3-6-8(9)4-1/h2*2-7H,1H3;1-6H,7H2;4*1-2,4-9H,3H2;1-2,6-7H,3H2,(H,12,15,16);1-4H,5H2;2*1-2,4-7H,3H2. The lowest BCUT2D eigenvalue weighted by molar-refractivity contribution is -0.126. The summed E-state index contributed by atoms with van der Waals surface area (Å²) in [6.07, 6.45) is 36.6. The largest absolute Gasteiger partial charge is 0.295 e. The first-order valence-corrected chi connectivity index (χ1v) is 48.3. The molecule has 1 saturated heterocycles. The van der Waals surface area contributed by atoms with Crippen LogP contribution in [0.15, 0.2) is 351 Å². The predicted octanol–water partition coefficient (Wildman–Crippen LogP) is 16.0. The first kappa shape index (κ1) is 93.6. The molecule has 2 unspecified atom stereocenters. The van der Waals surface area contributed by atoms with Crippen LogP contribution in [0.2, 0.25) is 0 Å². The molecule has 6 amide bonds. The summed E-state index contributed by atoms with van der Waals surface area (Å²) in [4.78, 5) is 141. The number of nitrogens with zero attached hydrogens (tertiary/aromatic N) is 2. The van der Waals surface area contributed by atoms with Gasteiger partial charge < -0.3 is 0 Å². The van der Waals surface area contributed by atoms with Gasteiger partial charge in [0.05, 0.1) is 31.1 Å². The summed E-state index contributed by atoms with van der Waals surface area (Å²) in [5.74, 6) is -3.71. The summed E-state index contributed by atoms with van der Waals surface area (Å²) in [5.41, 5.74) is 5.56. The summed E-state index contributed by atoms with van der Waals surface area (Å²) in [6.45, 7) is 0. The van der Waals surface area contributed by atoms with E-state index in [0.29, 0.717) is 55.7 Å². The van der Waals surface area contributed by atoms with E-state index >= 15 is 0 Å². The molecule has 10 aliphatic carbocycles. The number of amides is 6. The van der Waals surface area contributed by atoms with Crippen molar-refractivity contribution in [2.24, 2.45) is 11.8 Å². The fraction of sp³-hybridized carbons (Fsp3) is 0.101. The van der Waals surface area contributed by atoms with E-state index < -0.39 is 23.7 Å². The average Bonchev–Trinajstić information content (AvgIpc) is 1.67. The second-order valence-corrected chi connectivity index (χ2v) is 36.5. The maximum atomic E-state index is 11.9. The van der Waals surface area contributed by atoms with Crippen LogP contribution < -0.4 is 67.9 Å². The lowest BCUT2D eigenvalue weighted by Crippen LogP contribution is -2.36. The Morgan fingerprint density at radius 2 is 0.444 bits per heavy atom. The van der Waals surface area contributed by atoms with Gasteiger partial charge in [0.25, 0.3) is 23.6 Å². The Morgan fingerprint density at radius 3 is 0.771 bits per heavy atom. The number of rotatable bonds is 0. The Balaban J connectivity index is 0.0000000970. The van der Waals surface area contributed by atoms with Gasteiger partial charge in [-0.25, -0.2) is 0 Å². The number of fused-ring (bicyclic) bond motifs is 14. The minimum atomic E-state index is -0.624. The zero-order valence-corrected chi connectivity index (χ0v) is 79.1. The fourth-order valence-corrected chi connectivity index (χ4v) is 20.3. The smallest absolute Gasteiger partial charge is 0.261 e. The molecule has 0 bridgehead atoms. The van der Waals surface area contributed by atoms with Crippen molar-refractivity contribution in [2.45, 2.75) is 57.8 Å². The predicted molar refractivity (Wildman–Crippen MR) is 574 cm³/mol. The number of allylic oxidation sites excluding steroid dienone is 2. The molecule has 1 N–H and O–H groups in total. The minimum absolute atomic E-state index is 0.0100. The van der Waals surface area contributed by atoms with Gasteiger partial charge in [0, 0.05) is 85.9 Å². The van der Waals surface area contributed by atoms with Gasteiger partial charge in [-0.1, -0.05) is 352 Å². The van der Waals surface area contributed by atoms with Crippen LogP contribution >= 0.6 is 0 Å². The average molecular weight is 1880 g/mol. The Hall–Kier alpha value is -18.1. The Bertz CT molecular complexity index is 8480. The van der Waals surface area contributed by atoms with Crippen LogP contribution in [0.4, 0.5) is 0 Å². The highest BCUT2D eigenvalue weighted by Gasteiger charge is 2.46. The van der Waals surface area contributed by atoms with Gasteiger partial charge in [-0.05, 0) is 221 Å². The number of hydrogen-bond acceptors (Lipinski definition) is 12. The van der Waals surface area contributed by atoms with Crippen molar-refractivity contribution in [2.75, 3.05) is 14.1 Å². The molecule has 17 aromatic carbocycles. The van der Waals surface area contributed by atoms with E-state index in [9.17, 15) is 57.5 Å². The normalized spacial score (nSPS) is 16.1. The number of imide groups is 3. The summed E-state index contributed by atoms with van der Waals surface area (Å²) in [7, 11) is 3.03. The number of hydrogen-bond donors (Lipinski definition) is 1. The minimum Gasteiger partial charge on any atom is -0.295 e. The topological polar surface area (TPSA) is 223 Å². The van der Waals surface area contributed by atoms with E-state index in [0.717, 1.165) is 80.6 Å². The van der Waals surface area contributed by atoms with Crippen molar-refractivity contribution in [3.05, 3.63) is 458 Å². The van der Waals surface area contributed by atoms with E-state index in [1.165, 1.54) is 132 Å².